The van der Waals surface area contributed by atoms with Gasteiger partial charge in [-0.05, 0) is 36.1 Å². The normalized spacial score (nSPS) is 18.4. The summed E-state index contributed by atoms with van der Waals surface area (Å²) in [5.74, 6) is 1.75. The van der Waals surface area contributed by atoms with Gasteiger partial charge in [0.25, 0.3) is 0 Å². The largest absolute Gasteiger partial charge is 0.449 e. The van der Waals surface area contributed by atoms with E-state index in [1.807, 2.05) is 18.8 Å². The average molecular weight is 307 g/mol. The number of benzene rings is 1. The maximum Gasteiger partial charge on any atom is 0.200 e. The van der Waals surface area contributed by atoms with Crippen LogP contribution in [-0.2, 0) is 11.8 Å². The van der Waals surface area contributed by atoms with Gasteiger partial charge in [0.2, 0.25) is 6.42 Å². The van der Waals surface area contributed by atoms with Gasteiger partial charge in [0.15, 0.2) is 5.17 Å². The Morgan fingerprint density at radius 2 is 2.18 bits per heavy atom. The molecule has 0 saturated heterocycles. The van der Waals surface area contributed by atoms with Crippen LogP contribution in [0.25, 0.3) is 0 Å². The maximum atomic E-state index is 5.81. The second-order valence-electron chi connectivity index (χ2n) is 3.54. The Labute approximate surface area is 115 Å². The van der Waals surface area contributed by atoms with Crippen molar-refractivity contribution in [3.05, 3.63) is 29.3 Å². The Kier molecular flexibility index (Phi) is 4.36. The molecule has 0 aromatic heterocycles. The number of nitrogens with zero attached hydrogens (tertiary/aromatic N) is 1. The standard InChI is InChI=1S/C10H12ClN2OPS2/c1-15(16,13-10-12-6-7-17-10)14-9-4-2-8(11)3-5-9/h2-5H,6-7H2,1H3,(H,12,13,16). The van der Waals surface area contributed by atoms with Gasteiger partial charge in [0, 0.05) is 17.4 Å². The molecular formula is C10H12ClN2OPS2. The topological polar surface area (TPSA) is 33.6 Å². The summed E-state index contributed by atoms with van der Waals surface area (Å²) in [6.45, 7) is 2.75. The lowest BCUT2D eigenvalue weighted by atomic mass is 10.3. The highest BCUT2D eigenvalue weighted by Gasteiger charge is 2.17. The predicted octanol–water partition coefficient (Wildman–Crippen LogP) is 3.35. The molecular weight excluding hydrogens is 295 g/mol. The molecule has 1 aromatic carbocycles. The van der Waals surface area contributed by atoms with E-state index in [-0.39, 0.29) is 0 Å². The Morgan fingerprint density at radius 3 is 2.76 bits per heavy atom. The molecule has 0 saturated carbocycles. The lowest BCUT2D eigenvalue weighted by molar-refractivity contribution is 0.612. The highest BCUT2D eigenvalue weighted by Crippen LogP contribution is 2.40. The average Bonchev–Trinajstić information content (AvgIpc) is 2.73. The third kappa shape index (κ3) is 4.18. The molecule has 0 bridgehead atoms. The molecule has 0 amide bonds. The van der Waals surface area contributed by atoms with Crippen LogP contribution in [0.4, 0.5) is 0 Å². The second-order valence-corrected chi connectivity index (χ2v) is 9.25. The summed E-state index contributed by atoms with van der Waals surface area (Å²) in [4.78, 5) is 4.31. The van der Waals surface area contributed by atoms with E-state index in [0.717, 1.165) is 23.2 Å². The summed E-state index contributed by atoms with van der Waals surface area (Å²) < 4.78 is 5.78. The van der Waals surface area contributed by atoms with Crippen LogP contribution in [-0.4, -0.2) is 24.1 Å². The summed E-state index contributed by atoms with van der Waals surface area (Å²) >= 11 is 12.9. The van der Waals surface area contributed by atoms with Gasteiger partial charge in [0.1, 0.15) is 5.75 Å². The van der Waals surface area contributed by atoms with Crippen molar-refractivity contribution in [2.45, 2.75) is 0 Å². The molecule has 7 heteroatoms. The van der Waals surface area contributed by atoms with Crippen molar-refractivity contribution in [1.82, 2.24) is 5.09 Å². The SMILES string of the molecule is CP(=S)(NC1=NCCS1)Oc1ccc(Cl)cc1. The molecule has 2 rings (SSSR count). The fraction of sp³-hybridized carbons (Fsp3) is 0.300. The number of thioether (sulfide) groups is 1. The Morgan fingerprint density at radius 1 is 1.47 bits per heavy atom. The zero-order valence-corrected chi connectivity index (χ0v) is 12.5. The van der Waals surface area contributed by atoms with Crippen molar-refractivity contribution in [2.24, 2.45) is 4.99 Å². The fourth-order valence-electron chi connectivity index (χ4n) is 1.30. The Hall–Kier alpha value is -0.220. The van der Waals surface area contributed by atoms with Crippen LogP contribution in [0.3, 0.4) is 0 Å². The predicted molar refractivity (Wildman–Crippen MR) is 80.2 cm³/mol. The van der Waals surface area contributed by atoms with Gasteiger partial charge in [-0.2, -0.15) is 0 Å². The van der Waals surface area contributed by atoms with Gasteiger partial charge in [-0.25, -0.2) is 0 Å². The molecule has 3 nitrogen and oxygen atoms in total. The number of aliphatic imine (C=N–C) groups is 1. The molecule has 1 aliphatic rings. The zero-order chi connectivity index (χ0) is 12.3. The minimum atomic E-state index is -2.09. The minimum Gasteiger partial charge on any atom is -0.449 e. The number of hydrogen-bond acceptors (Lipinski definition) is 4. The summed E-state index contributed by atoms with van der Waals surface area (Å²) in [5, 5.41) is 4.78. The highest BCUT2D eigenvalue weighted by molar-refractivity contribution is 8.17. The zero-order valence-electron chi connectivity index (χ0n) is 9.22. The van der Waals surface area contributed by atoms with Crippen LogP contribution >= 0.6 is 29.8 Å². The van der Waals surface area contributed by atoms with Gasteiger partial charge in [-0.3, -0.25) is 4.99 Å². The third-order valence-electron chi connectivity index (χ3n) is 1.98. The van der Waals surface area contributed by atoms with Crippen molar-refractivity contribution < 1.29 is 4.52 Å². The molecule has 1 heterocycles. The first-order valence-corrected chi connectivity index (χ1v) is 9.56. The van der Waals surface area contributed by atoms with Gasteiger partial charge >= 0.3 is 0 Å². The lowest BCUT2D eigenvalue weighted by Gasteiger charge is -2.20. The quantitative estimate of drug-likeness (QED) is 0.868. The Balaban J connectivity index is 2.01. The third-order valence-corrected chi connectivity index (χ3v) is 4.95. The molecule has 1 aliphatic heterocycles. The number of hydrogen-bond donors (Lipinski definition) is 1. The maximum absolute atomic E-state index is 5.81. The van der Waals surface area contributed by atoms with Crippen molar-refractivity contribution in [2.75, 3.05) is 19.0 Å². The van der Waals surface area contributed by atoms with Gasteiger partial charge in [0.05, 0.1) is 6.54 Å². The molecule has 0 spiro atoms. The van der Waals surface area contributed by atoms with Crippen molar-refractivity contribution in [1.29, 1.82) is 0 Å². The summed E-state index contributed by atoms with van der Waals surface area (Å²) in [5.41, 5.74) is 0. The molecule has 1 unspecified atom stereocenters. The summed E-state index contributed by atoms with van der Waals surface area (Å²) in [6.07, 6.45) is -2.09. The summed E-state index contributed by atoms with van der Waals surface area (Å²) in [7, 11) is 0. The highest BCUT2D eigenvalue weighted by atomic mass is 35.5. The molecule has 0 radical (unpaired) electrons. The number of nitrogens with one attached hydrogen (secondary N) is 1. The van der Waals surface area contributed by atoms with E-state index in [4.69, 9.17) is 27.9 Å². The molecule has 17 heavy (non-hydrogen) atoms. The van der Waals surface area contributed by atoms with E-state index >= 15 is 0 Å². The van der Waals surface area contributed by atoms with E-state index in [1.54, 1.807) is 23.9 Å². The van der Waals surface area contributed by atoms with Crippen LogP contribution in [0, 0.1) is 0 Å². The molecule has 1 N–H and O–H groups in total. The van der Waals surface area contributed by atoms with Crippen LogP contribution in [0.15, 0.2) is 29.3 Å². The van der Waals surface area contributed by atoms with Crippen LogP contribution in [0.2, 0.25) is 5.02 Å². The molecule has 92 valence electrons. The van der Waals surface area contributed by atoms with E-state index < -0.39 is 6.42 Å². The van der Waals surface area contributed by atoms with E-state index in [1.165, 1.54) is 0 Å². The molecule has 0 aliphatic carbocycles. The molecule has 1 atom stereocenters. The van der Waals surface area contributed by atoms with E-state index in [2.05, 4.69) is 10.1 Å². The number of halogens is 1. The first-order chi connectivity index (χ1) is 8.05. The van der Waals surface area contributed by atoms with Crippen molar-refractivity contribution in [3.8, 4) is 5.75 Å². The first kappa shape index (κ1) is 13.2. The second kappa shape index (κ2) is 5.61. The molecule has 1 aromatic rings. The van der Waals surface area contributed by atoms with Crippen molar-refractivity contribution in [3.63, 3.8) is 0 Å². The summed E-state index contributed by atoms with van der Waals surface area (Å²) in [6, 6.07) is 7.21. The smallest absolute Gasteiger partial charge is 0.200 e. The van der Waals surface area contributed by atoms with Crippen LogP contribution in [0.1, 0.15) is 0 Å². The first-order valence-electron chi connectivity index (χ1n) is 5.03. The number of amidine groups is 1. The lowest BCUT2D eigenvalue weighted by Crippen LogP contribution is -2.17. The van der Waals surface area contributed by atoms with Crippen molar-refractivity contribution >= 4 is 46.8 Å². The van der Waals surface area contributed by atoms with E-state index in [9.17, 15) is 0 Å². The van der Waals surface area contributed by atoms with Gasteiger partial charge in [-0.1, -0.05) is 23.4 Å². The fourth-order valence-corrected chi connectivity index (χ4v) is 4.44. The Bertz CT molecular complexity index is 478. The van der Waals surface area contributed by atoms with Gasteiger partial charge < -0.3 is 9.61 Å². The number of rotatable bonds is 3. The van der Waals surface area contributed by atoms with Gasteiger partial charge in [-0.15, -0.1) is 0 Å². The van der Waals surface area contributed by atoms with Crippen LogP contribution in [0.5, 0.6) is 5.75 Å². The monoisotopic (exact) mass is 306 g/mol. The minimum absolute atomic E-state index is 0.686. The van der Waals surface area contributed by atoms with Crippen LogP contribution < -0.4 is 9.61 Å². The molecule has 0 fully saturated rings. The van der Waals surface area contributed by atoms with E-state index in [0.29, 0.717) is 5.02 Å².